The van der Waals surface area contributed by atoms with Crippen LogP contribution >= 0.6 is 0 Å². The highest BCUT2D eigenvalue weighted by Crippen LogP contribution is 2.46. The van der Waals surface area contributed by atoms with Crippen molar-refractivity contribution in [3.05, 3.63) is 24.5 Å². The molecule has 19 heavy (non-hydrogen) atoms. The van der Waals surface area contributed by atoms with E-state index in [2.05, 4.69) is 6.58 Å². The number of hydrogen-bond donors (Lipinski definition) is 1. The lowest BCUT2D eigenvalue weighted by Gasteiger charge is -2.40. The quantitative estimate of drug-likeness (QED) is 0.334. The molecule has 7 nitrogen and oxygen atoms in total. The Morgan fingerprint density at radius 3 is 2.84 bits per heavy atom. The van der Waals surface area contributed by atoms with Gasteiger partial charge in [0.25, 0.3) is 0 Å². The number of aliphatic carboxylic acids is 1. The van der Waals surface area contributed by atoms with Crippen LogP contribution in [0.2, 0.25) is 0 Å². The third-order valence-electron chi connectivity index (χ3n) is 3.21. The van der Waals surface area contributed by atoms with Gasteiger partial charge >= 0.3 is 11.9 Å². The number of β-lactam (4-membered cyclic amide) rings is 1. The molecule has 1 amide bonds. The Hall–Kier alpha value is -2.31. The zero-order valence-electron chi connectivity index (χ0n) is 10.3. The third kappa shape index (κ3) is 1.69. The van der Waals surface area contributed by atoms with Crippen molar-refractivity contribution in [3.8, 4) is 0 Å². The largest absolute Gasteiger partial charge is 0.478 e. The van der Waals surface area contributed by atoms with Crippen molar-refractivity contribution < 1.29 is 29.0 Å². The van der Waals surface area contributed by atoms with Gasteiger partial charge in [-0.3, -0.25) is 9.69 Å². The second-order valence-corrected chi connectivity index (χ2v) is 4.23. The molecule has 2 heterocycles. The average Bonchev–Trinajstić information content (AvgIpc) is 2.57. The summed E-state index contributed by atoms with van der Waals surface area (Å²) in [6, 6.07) is 0. The number of carbonyl (C=O) groups is 3. The van der Waals surface area contributed by atoms with Gasteiger partial charge in [-0.05, 0) is 0 Å². The number of carboxylic acid groups (broad SMARTS) is 1. The predicted molar refractivity (Wildman–Crippen MR) is 61.6 cm³/mol. The molecule has 0 bridgehead atoms. The first kappa shape index (κ1) is 13.1. The summed E-state index contributed by atoms with van der Waals surface area (Å²) in [5, 5.41) is 8.85. The van der Waals surface area contributed by atoms with E-state index in [9.17, 15) is 14.4 Å². The number of fused-ring (bicyclic) bond motifs is 1. The molecule has 0 aromatic carbocycles. The molecule has 2 aliphatic heterocycles. The molecule has 2 saturated heterocycles. The summed E-state index contributed by atoms with van der Waals surface area (Å²) in [6.45, 7) is 3.53. The maximum absolute atomic E-state index is 12.1. The van der Waals surface area contributed by atoms with E-state index in [1.54, 1.807) is 0 Å². The molecule has 2 fully saturated rings. The summed E-state index contributed by atoms with van der Waals surface area (Å²) in [4.78, 5) is 35.8. The van der Waals surface area contributed by atoms with Gasteiger partial charge in [-0.25, -0.2) is 9.59 Å². The number of amides is 1. The molecule has 0 aromatic rings. The summed E-state index contributed by atoms with van der Waals surface area (Å²) in [6.07, 6.45) is 1.74. The van der Waals surface area contributed by atoms with Gasteiger partial charge in [0.05, 0.1) is 19.6 Å². The zero-order valence-corrected chi connectivity index (χ0v) is 10.3. The Morgan fingerprint density at radius 2 is 2.37 bits per heavy atom. The first-order valence-electron chi connectivity index (χ1n) is 5.60. The first-order valence-corrected chi connectivity index (χ1v) is 5.60. The van der Waals surface area contributed by atoms with E-state index in [1.165, 1.54) is 18.1 Å². The molecule has 0 saturated carbocycles. The number of nitrogens with zero attached hydrogens (tertiary/aromatic N) is 1. The highest BCUT2D eigenvalue weighted by Gasteiger charge is 2.64. The SMILES string of the molecule is C=CCC1(C(=O)OC)/C(=C\C(=O)O)O[C@@H]2CC(=O)N21. The van der Waals surface area contributed by atoms with E-state index >= 15 is 0 Å². The molecule has 1 unspecified atom stereocenters. The minimum absolute atomic E-state index is 0.0288. The number of methoxy groups -OCH3 is 1. The molecule has 2 aliphatic rings. The van der Waals surface area contributed by atoms with Crippen molar-refractivity contribution in [2.24, 2.45) is 0 Å². The predicted octanol–water partition coefficient (Wildman–Crippen LogP) is 0.0314. The second-order valence-electron chi connectivity index (χ2n) is 4.23. The standard InChI is InChI=1S/C12H13NO6/c1-3-4-12(11(17)18-2)7(5-10(15)16)19-9-6-8(14)13(9)12/h3,5,9H,1,4,6H2,2H3,(H,15,16)/b7-5+/t9-,12?/m1/s1. The summed E-state index contributed by atoms with van der Waals surface area (Å²) in [5.74, 6) is -2.38. The lowest BCUT2D eigenvalue weighted by Crippen LogP contribution is -2.62. The lowest BCUT2D eigenvalue weighted by atomic mass is 9.88. The van der Waals surface area contributed by atoms with Crippen LogP contribution in [0, 0.1) is 0 Å². The van der Waals surface area contributed by atoms with E-state index in [0.717, 1.165) is 6.08 Å². The summed E-state index contributed by atoms with van der Waals surface area (Å²) in [7, 11) is 1.17. The highest BCUT2D eigenvalue weighted by atomic mass is 16.6. The van der Waals surface area contributed by atoms with Gasteiger partial charge in [-0.2, -0.15) is 0 Å². The van der Waals surface area contributed by atoms with E-state index in [0.29, 0.717) is 0 Å². The van der Waals surface area contributed by atoms with Crippen molar-refractivity contribution in [1.29, 1.82) is 0 Å². The molecular weight excluding hydrogens is 254 g/mol. The van der Waals surface area contributed by atoms with Crippen LogP contribution in [0.3, 0.4) is 0 Å². The molecule has 0 radical (unpaired) electrons. The zero-order chi connectivity index (χ0) is 14.2. The molecule has 0 aliphatic carbocycles. The maximum Gasteiger partial charge on any atom is 0.340 e. The van der Waals surface area contributed by atoms with Crippen molar-refractivity contribution in [2.75, 3.05) is 7.11 Å². The van der Waals surface area contributed by atoms with Crippen LogP contribution in [0.4, 0.5) is 0 Å². The van der Waals surface area contributed by atoms with E-state index < -0.39 is 23.7 Å². The second kappa shape index (κ2) is 4.42. The van der Waals surface area contributed by atoms with Gasteiger partial charge in [0, 0.05) is 6.42 Å². The number of carboxylic acids is 1. The monoisotopic (exact) mass is 267 g/mol. The van der Waals surface area contributed by atoms with Gasteiger partial charge in [-0.15, -0.1) is 6.58 Å². The van der Waals surface area contributed by atoms with Crippen LogP contribution < -0.4 is 0 Å². The van der Waals surface area contributed by atoms with Gasteiger partial charge in [0.15, 0.2) is 6.23 Å². The van der Waals surface area contributed by atoms with Gasteiger partial charge in [0.2, 0.25) is 11.4 Å². The van der Waals surface area contributed by atoms with Gasteiger partial charge < -0.3 is 14.6 Å². The number of ether oxygens (including phenoxy) is 2. The summed E-state index contributed by atoms with van der Waals surface area (Å²) >= 11 is 0. The molecule has 7 heteroatoms. The lowest BCUT2D eigenvalue weighted by molar-refractivity contribution is -0.171. The van der Waals surface area contributed by atoms with Crippen LogP contribution in [0.25, 0.3) is 0 Å². The topological polar surface area (TPSA) is 93.1 Å². The van der Waals surface area contributed by atoms with E-state index in [4.69, 9.17) is 14.6 Å². The number of carbonyl (C=O) groups excluding carboxylic acids is 2. The normalized spacial score (nSPS) is 30.4. The van der Waals surface area contributed by atoms with Crippen LogP contribution in [0.15, 0.2) is 24.5 Å². The fourth-order valence-corrected chi connectivity index (χ4v) is 2.43. The Kier molecular flexibility index (Phi) is 3.05. The van der Waals surface area contributed by atoms with Crippen molar-refractivity contribution >= 4 is 17.8 Å². The van der Waals surface area contributed by atoms with Crippen LogP contribution in [-0.2, 0) is 23.9 Å². The van der Waals surface area contributed by atoms with Crippen molar-refractivity contribution in [2.45, 2.75) is 24.6 Å². The summed E-state index contributed by atoms with van der Waals surface area (Å²) < 4.78 is 10.1. The first-order chi connectivity index (χ1) is 8.97. The number of hydrogen-bond acceptors (Lipinski definition) is 5. The van der Waals surface area contributed by atoms with E-state index in [1.807, 2.05) is 0 Å². The minimum atomic E-state index is -1.55. The van der Waals surface area contributed by atoms with Crippen molar-refractivity contribution in [1.82, 2.24) is 4.90 Å². The number of esters is 1. The third-order valence-corrected chi connectivity index (χ3v) is 3.21. The fourth-order valence-electron chi connectivity index (χ4n) is 2.43. The molecule has 2 rings (SSSR count). The maximum atomic E-state index is 12.1. The Balaban J connectivity index is 2.54. The molecule has 0 spiro atoms. The highest BCUT2D eigenvalue weighted by molar-refractivity contribution is 5.97. The van der Waals surface area contributed by atoms with Crippen LogP contribution in [-0.4, -0.2) is 46.7 Å². The average molecular weight is 267 g/mol. The van der Waals surface area contributed by atoms with Gasteiger partial charge in [0.1, 0.15) is 5.76 Å². The fraction of sp³-hybridized carbons (Fsp3) is 0.417. The Labute approximate surface area is 109 Å². The molecule has 102 valence electrons. The van der Waals surface area contributed by atoms with Crippen molar-refractivity contribution in [3.63, 3.8) is 0 Å². The summed E-state index contributed by atoms with van der Waals surface area (Å²) in [5.41, 5.74) is -1.55. The molecule has 2 atom stereocenters. The minimum Gasteiger partial charge on any atom is -0.478 e. The van der Waals surface area contributed by atoms with E-state index in [-0.39, 0.29) is 24.5 Å². The van der Waals surface area contributed by atoms with Crippen LogP contribution in [0.5, 0.6) is 0 Å². The number of rotatable bonds is 4. The Morgan fingerprint density at radius 1 is 1.68 bits per heavy atom. The molecule has 1 N–H and O–H groups in total. The molecule has 0 aromatic heterocycles. The van der Waals surface area contributed by atoms with Gasteiger partial charge in [-0.1, -0.05) is 6.08 Å². The smallest absolute Gasteiger partial charge is 0.340 e. The van der Waals surface area contributed by atoms with Crippen LogP contribution in [0.1, 0.15) is 12.8 Å². The Bertz CT molecular complexity index is 496. The molecular formula is C12H13NO6.